The predicted octanol–water partition coefficient (Wildman–Crippen LogP) is 9.89. The molecule has 3 heteroatoms. The number of benzene rings is 1. The van der Waals surface area contributed by atoms with Gasteiger partial charge >= 0.3 is 0 Å². The van der Waals surface area contributed by atoms with Crippen LogP contribution in [0.2, 0.25) is 0 Å². The van der Waals surface area contributed by atoms with Crippen LogP contribution in [0.3, 0.4) is 0 Å². The van der Waals surface area contributed by atoms with Crippen molar-refractivity contribution in [1.29, 1.82) is 5.26 Å². The largest absolute Gasteiger partial charge is 0.198 e. The Morgan fingerprint density at radius 2 is 1.44 bits per heavy atom. The fourth-order valence-corrected chi connectivity index (χ4v) is 8.67. The molecule has 1 aliphatic heterocycles. The number of hydrogen-bond donors (Lipinski definition) is 0. The van der Waals surface area contributed by atoms with Gasteiger partial charge in [0.15, 0.2) is 0 Å². The van der Waals surface area contributed by atoms with E-state index < -0.39 is 0 Å². The van der Waals surface area contributed by atoms with E-state index in [4.69, 9.17) is 0 Å². The molecule has 1 nitrogen and oxygen atoms in total. The number of rotatable bonds is 12. The highest BCUT2D eigenvalue weighted by molar-refractivity contribution is 8.16. The molecule has 1 aliphatic carbocycles. The summed E-state index contributed by atoms with van der Waals surface area (Å²) in [4.78, 5) is 0. The summed E-state index contributed by atoms with van der Waals surface area (Å²) in [6.07, 6.45) is 17.9. The standard InChI is InChI=1S/C29H45NS2/c1-3-5-7-8-9-11-24-21-31-28(32-22-24)27-14-12-25(13-15-27)26-16-19-29(23-30,20-17-26)18-10-6-4-2/h12-15,24,26,28H,3-11,16-22H2,1-2H3. The molecule has 0 atom stereocenters. The first-order chi connectivity index (χ1) is 15.7. The van der Waals surface area contributed by atoms with Gasteiger partial charge in [0.05, 0.1) is 16.1 Å². The average Bonchev–Trinajstić information content (AvgIpc) is 2.85. The number of thioether (sulfide) groups is 2. The van der Waals surface area contributed by atoms with E-state index >= 15 is 0 Å². The molecule has 0 N–H and O–H groups in total. The maximum absolute atomic E-state index is 9.82. The van der Waals surface area contributed by atoms with E-state index in [0.717, 1.165) is 25.2 Å². The van der Waals surface area contributed by atoms with Crippen molar-refractivity contribution in [2.24, 2.45) is 11.3 Å². The van der Waals surface area contributed by atoms with Gasteiger partial charge in [0.2, 0.25) is 0 Å². The summed E-state index contributed by atoms with van der Waals surface area (Å²) in [5, 5.41) is 9.82. The zero-order chi connectivity index (χ0) is 22.7. The molecule has 3 rings (SSSR count). The summed E-state index contributed by atoms with van der Waals surface area (Å²) in [7, 11) is 0. The van der Waals surface area contributed by atoms with Crippen molar-refractivity contribution >= 4 is 23.5 Å². The van der Waals surface area contributed by atoms with E-state index in [-0.39, 0.29) is 5.41 Å². The van der Waals surface area contributed by atoms with Gasteiger partial charge < -0.3 is 0 Å². The summed E-state index contributed by atoms with van der Waals surface area (Å²) in [6.45, 7) is 4.54. The summed E-state index contributed by atoms with van der Waals surface area (Å²) < 4.78 is 0.622. The zero-order valence-electron chi connectivity index (χ0n) is 20.6. The first kappa shape index (κ1) is 26.0. The van der Waals surface area contributed by atoms with Gasteiger partial charge in [-0.25, -0.2) is 0 Å². The normalized spacial score (nSPS) is 28.3. The number of hydrogen-bond acceptors (Lipinski definition) is 3. The lowest BCUT2D eigenvalue weighted by Crippen LogP contribution is -2.25. The highest BCUT2D eigenvalue weighted by Crippen LogP contribution is 2.48. The molecule has 0 spiro atoms. The van der Waals surface area contributed by atoms with Gasteiger partial charge in [0.25, 0.3) is 0 Å². The second-order valence-corrected chi connectivity index (χ2v) is 12.9. The molecule has 1 saturated carbocycles. The zero-order valence-corrected chi connectivity index (χ0v) is 22.3. The molecule has 0 bridgehead atoms. The van der Waals surface area contributed by atoms with E-state index in [1.165, 1.54) is 93.3 Å². The van der Waals surface area contributed by atoms with Crippen molar-refractivity contribution in [3.8, 4) is 6.07 Å². The van der Waals surface area contributed by atoms with Crippen LogP contribution in [-0.4, -0.2) is 11.5 Å². The Hall–Kier alpha value is -0.590. The second-order valence-electron chi connectivity index (χ2n) is 10.4. The van der Waals surface area contributed by atoms with Gasteiger partial charge in [-0.15, -0.1) is 23.5 Å². The Labute approximate surface area is 206 Å². The van der Waals surface area contributed by atoms with Crippen LogP contribution in [0.1, 0.15) is 125 Å². The number of nitrogens with zero attached hydrogens (tertiary/aromatic N) is 1. The van der Waals surface area contributed by atoms with Gasteiger partial charge in [-0.1, -0.05) is 89.5 Å². The minimum Gasteiger partial charge on any atom is -0.198 e. The lowest BCUT2D eigenvalue weighted by atomic mass is 9.67. The third-order valence-corrected chi connectivity index (χ3v) is 11.1. The van der Waals surface area contributed by atoms with E-state index in [9.17, 15) is 5.26 Å². The van der Waals surface area contributed by atoms with Crippen LogP contribution in [0, 0.1) is 22.7 Å². The van der Waals surface area contributed by atoms with Crippen LogP contribution in [0.15, 0.2) is 24.3 Å². The lowest BCUT2D eigenvalue weighted by Gasteiger charge is -2.35. The van der Waals surface area contributed by atoms with Crippen molar-refractivity contribution < 1.29 is 0 Å². The topological polar surface area (TPSA) is 23.8 Å². The molecule has 32 heavy (non-hydrogen) atoms. The minimum absolute atomic E-state index is 0.0342. The van der Waals surface area contributed by atoms with Gasteiger partial charge in [-0.2, -0.15) is 5.26 Å². The van der Waals surface area contributed by atoms with Gasteiger partial charge in [0, 0.05) is 0 Å². The third-order valence-electron chi connectivity index (χ3n) is 7.80. The third kappa shape index (κ3) is 7.73. The second kappa shape index (κ2) is 14.0. The van der Waals surface area contributed by atoms with Crippen LogP contribution >= 0.6 is 23.5 Å². The Kier molecular flexibility index (Phi) is 11.4. The monoisotopic (exact) mass is 471 g/mol. The Balaban J connectivity index is 1.42. The van der Waals surface area contributed by atoms with E-state index in [1.54, 1.807) is 0 Å². The summed E-state index contributed by atoms with van der Waals surface area (Å²) in [6, 6.07) is 12.3. The molecule has 0 unspecified atom stereocenters. The smallest absolute Gasteiger partial charge is 0.0751 e. The molecule has 2 fully saturated rings. The van der Waals surface area contributed by atoms with Crippen molar-refractivity contribution in [3.63, 3.8) is 0 Å². The Bertz CT molecular complexity index is 676. The molecule has 0 amide bonds. The van der Waals surface area contributed by atoms with E-state index in [1.807, 2.05) is 0 Å². The average molecular weight is 472 g/mol. The first-order valence-corrected chi connectivity index (χ1v) is 15.5. The molecule has 0 radical (unpaired) electrons. The summed E-state index contributed by atoms with van der Waals surface area (Å²) in [5.74, 6) is 4.25. The molecule has 1 saturated heterocycles. The molecular formula is C29H45NS2. The molecule has 2 aliphatic rings. The number of nitriles is 1. The van der Waals surface area contributed by atoms with Gasteiger partial charge in [-0.3, -0.25) is 0 Å². The SMILES string of the molecule is CCCCCCCC1CSC(c2ccc(C3CCC(C#N)(CCCCC)CC3)cc2)SC1. The van der Waals surface area contributed by atoms with Crippen LogP contribution in [0.4, 0.5) is 0 Å². The van der Waals surface area contributed by atoms with Crippen LogP contribution < -0.4 is 0 Å². The quantitative estimate of drug-likeness (QED) is 0.283. The lowest BCUT2D eigenvalue weighted by molar-refractivity contribution is 0.223. The van der Waals surface area contributed by atoms with Crippen LogP contribution in [0.5, 0.6) is 0 Å². The highest BCUT2D eigenvalue weighted by atomic mass is 32.2. The summed E-state index contributed by atoms with van der Waals surface area (Å²) in [5.41, 5.74) is 2.98. The Morgan fingerprint density at radius 1 is 0.844 bits per heavy atom. The van der Waals surface area contributed by atoms with Gasteiger partial charge in [-0.05, 0) is 73.0 Å². The molecule has 1 aromatic rings. The fourth-order valence-electron chi connectivity index (χ4n) is 5.50. The van der Waals surface area contributed by atoms with Crippen molar-refractivity contribution in [3.05, 3.63) is 35.4 Å². The highest BCUT2D eigenvalue weighted by Gasteiger charge is 2.35. The number of unbranched alkanes of at least 4 members (excludes halogenated alkanes) is 6. The molecule has 1 aromatic carbocycles. The van der Waals surface area contributed by atoms with Crippen molar-refractivity contribution in [2.75, 3.05) is 11.5 Å². The maximum atomic E-state index is 9.82. The first-order valence-electron chi connectivity index (χ1n) is 13.4. The molecular weight excluding hydrogens is 426 g/mol. The molecule has 0 aromatic heterocycles. The van der Waals surface area contributed by atoms with Crippen LogP contribution in [-0.2, 0) is 0 Å². The minimum atomic E-state index is -0.0342. The fraction of sp³-hybridized carbons (Fsp3) is 0.759. The maximum Gasteiger partial charge on any atom is 0.0751 e. The summed E-state index contributed by atoms with van der Waals surface area (Å²) >= 11 is 4.35. The van der Waals surface area contributed by atoms with E-state index in [2.05, 4.69) is 67.7 Å². The van der Waals surface area contributed by atoms with E-state index in [0.29, 0.717) is 10.5 Å². The molecule has 1 heterocycles. The van der Waals surface area contributed by atoms with Crippen molar-refractivity contribution in [2.45, 2.75) is 114 Å². The molecule has 178 valence electrons. The van der Waals surface area contributed by atoms with Crippen LogP contribution in [0.25, 0.3) is 0 Å². The van der Waals surface area contributed by atoms with Gasteiger partial charge in [0.1, 0.15) is 0 Å². The van der Waals surface area contributed by atoms with Crippen molar-refractivity contribution in [1.82, 2.24) is 0 Å². The predicted molar refractivity (Wildman–Crippen MR) is 144 cm³/mol. The Morgan fingerprint density at radius 3 is 2.06 bits per heavy atom.